The molecule has 0 spiro atoms. The number of carbonyl (C=O) groups excluding carboxylic acids is 1. The first-order valence-corrected chi connectivity index (χ1v) is 6.12. The highest BCUT2D eigenvalue weighted by Gasteiger charge is 2.25. The van der Waals surface area contributed by atoms with Crippen molar-refractivity contribution >= 4 is 11.9 Å². The molecule has 1 unspecified atom stereocenters. The van der Waals surface area contributed by atoms with Crippen LogP contribution in [0, 0.1) is 0 Å². The van der Waals surface area contributed by atoms with Crippen LogP contribution in [0.15, 0.2) is 6.20 Å². The molecule has 1 aromatic heterocycles. The highest BCUT2D eigenvalue weighted by atomic mass is 16.4. The molecule has 0 saturated heterocycles. The maximum Gasteiger partial charge on any atom is 0.323 e. The second kappa shape index (κ2) is 6.83. The number of carboxylic acid groups (broad SMARTS) is 1. The van der Waals surface area contributed by atoms with Gasteiger partial charge in [-0.1, -0.05) is 12.1 Å². The van der Waals surface area contributed by atoms with E-state index in [1.165, 1.54) is 15.8 Å². The summed E-state index contributed by atoms with van der Waals surface area (Å²) in [6.07, 6.45) is 2.14. The van der Waals surface area contributed by atoms with Gasteiger partial charge in [0.25, 0.3) is 5.91 Å². The van der Waals surface area contributed by atoms with E-state index in [2.05, 4.69) is 10.3 Å². The minimum absolute atomic E-state index is 0.134. The SMILES string of the molecule is CCC(C)N(CC(=O)O)C(=O)c1cn(CCN)nn1. The van der Waals surface area contributed by atoms with Crippen LogP contribution in [0.5, 0.6) is 0 Å². The minimum Gasteiger partial charge on any atom is -0.480 e. The van der Waals surface area contributed by atoms with Gasteiger partial charge >= 0.3 is 5.97 Å². The lowest BCUT2D eigenvalue weighted by Crippen LogP contribution is -2.42. The molecular weight excluding hydrogens is 250 g/mol. The summed E-state index contributed by atoms with van der Waals surface area (Å²) in [5, 5.41) is 16.4. The second-order valence-electron chi connectivity index (χ2n) is 4.24. The van der Waals surface area contributed by atoms with Crippen molar-refractivity contribution in [3.63, 3.8) is 0 Å². The lowest BCUT2D eigenvalue weighted by molar-refractivity contribution is -0.138. The van der Waals surface area contributed by atoms with E-state index in [0.29, 0.717) is 19.5 Å². The number of hydrogen-bond acceptors (Lipinski definition) is 5. The maximum atomic E-state index is 12.2. The van der Waals surface area contributed by atoms with Gasteiger partial charge in [-0.05, 0) is 13.3 Å². The fourth-order valence-corrected chi connectivity index (χ4v) is 1.58. The third-order valence-corrected chi connectivity index (χ3v) is 2.81. The van der Waals surface area contributed by atoms with Gasteiger partial charge in [0.1, 0.15) is 6.54 Å². The molecule has 0 fully saturated rings. The first-order valence-electron chi connectivity index (χ1n) is 6.12. The molecular formula is C11H19N5O3. The molecule has 0 aliphatic rings. The summed E-state index contributed by atoms with van der Waals surface area (Å²) < 4.78 is 1.46. The molecule has 0 bridgehead atoms. The first kappa shape index (κ1) is 15.1. The summed E-state index contributed by atoms with van der Waals surface area (Å²) in [6, 6.07) is -0.178. The summed E-state index contributed by atoms with van der Waals surface area (Å²) in [5.74, 6) is -1.48. The molecule has 0 aliphatic heterocycles. The van der Waals surface area contributed by atoms with Gasteiger partial charge in [0.2, 0.25) is 0 Å². The van der Waals surface area contributed by atoms with Gasteiger partial charge in [-0.15, -0.1) is 5.10 Å². The van der Waals surface area contributed by atoms with Crippen LogP contribution < -0.4 is 5.73 Å². The third kappa shape index (κ3) is 4.02. The van der Waals surface area contributed by atoms with Crippen LogP contribution in [0.1, 0.15) is 30.8 Å². The highest BCUT2D eigenvalue weighted by molar-refractivity contribution is 5.94. The Hall–Kier alpha value is -1.96. The number of carbonyl (C=O) groups is 2. The van der Waals surface area contributed by atoms with Gasteiger partial charge in [0, 0.05) is 12.6 Å². The fourth-order valence-electron chi connectivity index (χ4n) is 1.58. The zero-order valence-electron chi connectivity index (χ0n) is 11.1. The van der Waals surface area contributed by atoms with Crippen molar-refractivity contribution in [1.29, 1.82) is 0 Å². The van der Waals surface area contributed by atoms with E-state index in [4.69, 9.17) is 10.8 Å². The average molecular weight is 269 g/mol. The van der Waals surface area contributed by atoms with E-state index in [9.17, 15) is 9.59 Å². The van der Waals surface area contributed by atoms with Crippen molar-refractivity contribution in [1.82, 2.24) is 19.9 Å². The molecule has 1 amide bonds. The van der Waals surface area contributed by atoms with E-state index in [0.717, 1.165) is 0 Å². The Morgan fingerprint density at radius 1 is 1.58 bits per heavy atom. The molecule has 0 saturated carbocycles. The Labute approximate surface area is 111 Å². The second-order valence-corrected chi connectivity index (χ2v) is 4.24. The average Bonchev–Trinajstić information content (AvgIpc) is 2.83. The quantitative estimate of drug-likeness (QED) is 0.693. The van der Waals surface area contributed by atoms with Crippen LogP contribution in [0.4, 0.5) is 0 Å². The molecule has 8 heteroatoms. The third-order valence-electron chi connectivity index (χ3n) is 2.81. The molecule has 1 heterocycles. The number of aliphatic carboxylic acids is 1. The van der Waals surface area contributed by atoms with Gasteiger partial charge in [-0.3, -0.25) is 14.3 Å². The van der Waals surface area contributed by atoms with Crippen molar-refractivity contribution in [2.45, 2.75) is 32.9 Å². The standard InChI is InChI=1S/C11H19N5O3/c1-3-8(2)16(7-10(17)18)11(19)9-6-15(5-4-12)14-13-9/h6,8H,3-5,7,12H2,1-2H3,(H,17,18). The molecule has 1 atom stereocenters. The van der Waals surface area contributed by atoms with Crippen molar-refractivity contribution in [2.24, 2.45) is 5.73 Å². The zero-order chi connectivity index (χ0) is 14.4. The highest BCUT2D eigenvalue weighted by Crippen LogP contribution is 2.08. The number of hydrogen-bond donors (Lipinski definition) is 2. The summed E-state index contributed by atoms with van der Waals surface area (Å²) in [4.78, 5) is 24.3. The number of nitrogens with two attached hydrogens (primary N) is 1. The van der Waals surface area contributed by atoms with E-state index in [1.807, 2.05) is 6.92 Å². The number of nitrogens with zero attached hydrogens (tertiary/aromatic N) is 4. The lowest BCUT2D eigenvalue weighted by Gasteiger charge is -2.25. The Kier molecular flexibility index (Phi) is 5.43. The summed E-state index contributed by atoms with van der Waals surface area (Å²) in [6.45, 7) is 4.19. The normalized spacial score (nSPS) is 12.2. The molecule has 0 radical (unpaired) electrons. The molecule has 1 rings (SSSR count). The smallest absolute Gasteiger partial charge is 0.323 e. The maximum absolute atomic E-state index is 12.2. The molecule has 0 aromatic carbocycles. The summed E-state index contributed by atoms with van der Waals surface area (Å²) in [5.41, 5.74) is 5.51. The van der Waals surface area contributed by atoms with Crippen LogP contribution in [0.25, 0.3) is 0 Å². The summed E-state index contributed by atoms with van der Waals surface area (Å²) in [7, 11) is 0. The van der Waals surface area contributed by atoms with Crippen molar-refractivity contribution in [3.8, 4) is 0 Å². The van der Waals surface area contributed by atoms with Crippen LogP contribution in [0.3, 0.4) is 0 Å². The molecule has 0 aliphatic carbocycles. The molecule has 8 nitrogen and oxygen atoms in total. The van der Waals surface area contributed by atoms with Gasteiger partial charge in [0.05, 0.1) is 12.7 Å². The number of carboxylic acids is 1. The molecule has 1 aromatic rings. The summed E-state index contributed by atoms with van der Waals surface area (Å²) >= 11 is 0. The Balaban J connectivity index is 2.87. The Morgan fingerprint density at radius 3 is 2.79 bits per heavy atom. The monoisotopic (exact) mass is 269 g/mol. The van der Waals surface area contributed by atoms with Crippen LogP contribution in [0.2, 0.25) is 0 Å². The van der Waals surface area contributed by atoms with Gasteiger partial charge in [-0.2, -0.15) is 0 Å². The minimum atomic E-state index is -1.05. The molecule has 106 valence electrons. The van der Waals surface area contributed by atoms with Crippen LogP contribution >= 0.6 is 0 Å². The molecule has 3 N–H and O–H groups in total. The topological polar surface area (TPSA) is 114 Å². The van der Waals surface area contributed by atoms with E-state index in [-0.39, 0.29) is 18.3 Å². The van der Waals surface area contributed by atoms with Crippen molar-refractivity contribution in [2.75, 3.05) is 13.1 Å². The van der Waals surface area contributed by atoms with Gasteiger partial charge < -0.3 is 15.7 Å². The number of aromatic nitrogens is 3. The van der Waals surface area contributed by atoms with Crippen molar-refractivity contribution < 1.29 is 14.7 Å². The zero-order valence-corrected chi connectivity index (χ0v) is 11.1. The van der Waals surface area contributed by atoms with Crippen LogP contribution in [-0.2, 0) is 11.3 Å². The predicted octanol–water partition coefficient (Wildman–Crippen LogP) is -0.438. The number of amides is 1. The van der Waals surface area contributed by atoms with E-state index in [1.54, 1.807) is 6.92 Å². The Morgan fingerprint density at radius 2 is 2.26 bits per heavy atom. The van der Waals surface area contributed by atoms with E-state index >= 15 is 0 Å². The van der Waals surface area contributed by atoms with E-state index < -0.39 is 11.9 Å². The first-order chi connectivity index (χ1) is 8.99. The van der Waals surface area contributed by atoms with Crippen molar-refractivity contribution in [3.05, 3.63) is 11.9 Å². The molecule has 19 heavy (non-hydrogen) atoms. The number of rotatable bonds is 7. The lowest BCUT2D eigenvalue weighted by atomic mass is 10.2. The predicted molar refractivity (Wildman–Crippen MR) is 67.5 cm³/mol. The van der Waals surface area contributed by atoms with Gasteiger partial charge in [-0.25, -0.2) is 0 Å². The van der Waals surface area contributed by atoms with Gasteiger partial charge in [0.15, 0.2) is 5.69 Å². The Bertz CT molecular complexity index is 445. The fraction of sp³-hybridized carbons (Fsp3) is 0.636. The van der Waals surface area contributed by atoms with Crippen LogP contribution in [-0.4, -0.2) is 56.0 Å². The largest absolute Gasteiger partial charge is 0.480 e.